The third-order valence-electron chi connectivity index (χ3n) is 5.15. The van der Waals surface area contributed by atoms with Gasteiger partial charge in [0.25, 0.3) is 5.56 Å². The van der Waals surface area contributed by atoms with Crippen LogP contribution in [0.4, 0.5) is 0 Å². The fraction of sp³-hybridized carbons (Fsp3) is 0.286. The van der Waals surface area contributed by atoms with Crippen molar-refractivity contribution in [1.82, 2.24) is 9.55 Å². The van der Waals surface area contributed by atoms with Crippen molar-refractivity contribution >= 4 is 16.9 Å². The molecule has 0 bridgehead atoms. The number of esters is 1. The second-order valence-corrected chi connectivity index (χ2v) is 6.74. The van der Waals surface area contributed by atoms with Gasteiger partial charge in [0.1, 0.15) is 6.61 Å². The molecule has 3 heterocycles. The highest BCUT2D eigenvalue weighted by molar-refractivity contribution is 5.84. The van der Waals surface area contributed by atoms with Crippen molar-refractivity contribution in [3.05, 3.63) is 63.4 Å². The van der Waals surface area contributed by atoms with E-state index < -0.39 is 5.92 Å². The van der Waals surface area contributed by atoms with Crippen LogP contribution in [0.3, 0.4) is 0 Å². The Morgan fingerprint density at radius 1 is 1.23 bits per heavy atom. The van der Waals surface area contributed by atoms with Gasteiger partial charge in [-0.1, -0.05) is 25.1 Å². The van der Waals surface area contributed by atoms with Crippen LogP contribution in [0.5, 0.6) is 0 Å². The van der Waals surface area contributed by atoms with Crippen molar-refractivity contribution < 1.29 is 9.53 Å². The Labute approximate surface area is 151 Å². The highest BCUT2D eigenvalue weighted by atomic mass is 16.5. The van der Waals surface area contributed by atoms with E-state index in [0.29, 0.717) is 12.0 Å². The number of aryl methyl sites for hydroxylation is 1. The van der Waals surface area contributed by atoms with E-state index in [-0.39, 0.29) is 18.1 Å². The minimum Gasteiger partial charge on any atom is -0.460 e. The van der Waals surface area contributed by atoms with E-state index in [1.165, 1.54) is 0 Å². The standard InChI is InChI=1S/C21H20N2O3/c1-4-14-15-10-18(23(3)20(24)16(15)11-26-21(14)25)19-12(2)9-13-7-5-6-8-17(13)22-19/h5-10,14H,4,11H2,1-3H3/t14-/m1/s1. The molecule has 1 aromatic carbocycles. The molecule has 0 amide bonds. The number of nitrogens with zero attached hydrogens (tertiary/aromatic N) is 2. The molecule has 26 heavy (non-hydrogen) atoms. The molecule has 5 nitrogen and oxygen atoms in total. The van der Waals surface area contributed by atoms with Gasteiger partial charge in [-0.05, 0) is 42.7 Å². The fourth-order valence-corrected chi connectivity index (χ4v) is 3.69. The molecule has 5 heteroatoms. The summed E-state index contributed by atoms with van der Waals surface area (Å²) in [4.78, 5) is 29.8. The number of fused-ring (bicyclic) bond motifs is 2. The monoisotopic (exact) mass is 348 g/mol. The average molecular weight is 348 g/mol. The second-order valence-electron chi connectivity index (χ2n) is 6.74. The molecule has 1 atom stereocenters. The van der Waals surface area contributed by atoms with Gasteiger partial charge in [0.2, 0.25) is 0 Å². The van der Waals surface area contributed by atoms with E-state index in [4.69, 9.17) is 9.72 Å². The van der Waals surface area contributed by atoms with E-state index >= 15 is 0 Å². The highest BCUT2D eigenvalue weighted by Gasteiger charge is 2.31. The summed E-state index contributed by atoms with van der Waals surface area (Å²) >= 11 is 0. The van der Waals surface area contributed by atoms with Gasteiger partial charge >= 0.3 is 5.97 Å². The number of hydrogen-bond acceptors (Lipinski definition) is 4. The number of hydrogen-bond donors (Lipinski definition) is 0. The summed E-state index contributed by atoms with van der Waals surface area (Å²) in [6.07, 6.45) is 0.600. The van der Waals surface area contributed by atoms with Crippen LogP contribution in [0.1, 0.15) is 36.0 Å². The van der Waals surface area contributed by atoms with Gasteiger partial charge in [-0.2, -0.15) is 0 Å². The van der Waals surface area contributed by atoms with E-state index in [0.717, 1.165) is 33.4 Å². The first-order chi connectivity index (χ1) is 12.5. The lowest BCUT2D eigenvalue weighted by molar-refractivity contribution is -0.148. The Morgan fingerprint density at radius 2 is 2.00 bits per heavy atom. The zero-order chi connectivity index (χ0) is 18.4. The zero-order valence-electron chi connectivity index (χ0n) is 15.1. The topological polar surface area (TPSA) is 61.2 Å². The molecule has 1 aliphatic rings. The maximum absolute atomic E-state index is 12.9. The largest absolute Gasteiger partial charge is 0.460 e. The Hall–Kier alpha value is -2.95. The van der Waals surface area contributed by atoms with E-state index in [2.05, 4.69) is 6.07 Å². The molecule has 132 valence electrons. The quantitative estimate of drug-likeness (QED) is 0.666. The smallest absolute Gasteiger partial charge is 0.313 e. The van der Waals surface area contributed by atoms with Gasteiger partial charge < -0.3 is 9.30 Å². The molecular formula is C21H20N2O3. The van der Waals surface area contributed by atoms with Crippen molar-refractivity contribution in [1.29, 1.82) is 0 Å². The number of carbonyl (C=O) groups is 1. The van der Waals surface area contributed by atoms with Crippen LogP contribution in [-0.2, 0) is 23.2 Å². The van der Waals surface area contributed by atoms with Gasteiger partial charge in [0.05, 0.1) is 28.4 Å². The summed E-state index contributed by atoms with van der Waals surface area (Å²) in [5, 5.41) is 1.06. The van der Waals surface area contributed by atoms with Crippen molar-refractivity contribution in [2.75, 3.05) is 0 Å². The maximum Gasteiger partial charge on any atom is 0.313 e. The third kappa shape index (κ3) is 2.43. The molecular weight excluding hydrogens is 328 g/mol. The third-order valence-corrected chi connectivity index (χ3v) is 5.15. The van der Waals surface area contributed by atoms with E-state index in [9.17, 15) is 9.59 Å². The van der Waals surface area contributed by atoms with Crippen molar-refractivity contribution in [3.8, 4) is 11.4 Å². The van der Waals surface area contributed by atoms with Gasteiger partial charge in [0.15, 0.2) is 0 Å². The lowest BCUT2D eigenvalue weighted by Crippen LogP contribution is -2.32. The van der Waals surface area contributed by atoms with E-state index in [1.54, 1.807) is 11.6 Å². The fourth-order valence-electron chi connectivity index (χ4n) is 3.69. The summed E-state index contributed by atoms with van der Waals surface area (Å²) in [7, 11) is 1.74. The Morgan fingerprint density at radius 3 is 2.77 bits per heavy atom. The average Bonchev–Trinajstić information content (AvgIpc) is 2.64. The predicted molar refractivity (Wildman–Crippen MR) is 100.0 cm³/mol. The highest BCUT2D eigenvalue weighted by Crippen LogP contribution is 2.32. The second kappa shape index (κ2) is 6.09. The normalized spacial score (nSPS) is 16.4. The molecule has 0 spiro atoms. The van der Waals surface area contributed by atoms with Crippen LogP contribution < -0.4 is 5.56 Å². The Balaban J connectivity index is 2.00. The molecule has 4 rings (SSSR count). The summed E-state index contributed by atoms with van der Waals surface area (Å²) in [5.74, 6) is -0.658. The number of para-hydroxylation sites is 1. The number of aromatic nitrogens is 2. The van der Waals surface area contributed by atoms with Crippen LogP contribution >= 0.6 is 0 Å². The molecule has 0 radical (unpaired) electrons. The Kier molecular flexibility index (Phi) is 3.87. The first kappa shape index (κ1) is 16.5. The summed E-state index contributed by atoms with van der Waals surface area (Å²) in [6, 6.07) is 11.9. The van der Waals surface area contributed by atoms with Gasteiger partial charge in [0, 0.05) is 12.4 Å². The van der Waals surface area contributed by atoms with Gasteiger partial charge in [-0.25, -0.2) is 4.98 Å². The molecule has 2 aromatic heterocycles. The zero-order valence-corrected chi connectivity index (χ0v) is 15.1. The van der Waals surface area contributed by atoms with Crippen LogP contribution in [0, 0.1) is 6.92 Å². The molecule has 0 saturated carbocycles. The first-order valence-corrected chi connectivity index (χ1v) is 8.77. The molecule has 0 unspecified atom stereocenters. The molecule has 0 saturated heterocycles. The number of ether oxygens (including phenoxy) is 1. The lowest BCUT2D eigenvalue weighted by Gasteiger charge is -2.25. The molecule has 3 aromatic rings. The maximum atomic E-state index is 12.9. The van der Waals surface area contributed by atoms with Crippen molar-refractivity contribution in [3.63, 3.8) is 0 Å². The van der Waals surface area contributed by atoms with Crippen LogP contribution in [-0.4, -0.2) is 15.5 Å². The van der Waals surface area contributed by atoms with E-state index in [1.807, 2.05) is 44.2 Å². The molecule has 0 fully saturated rings. The molecule has 0 N–H and O–H groups in total. The molecule has 1 aliphatic heterocycles. The van der Waals surface area contributed by atoms with Gasteiger partial charge in [-0.3, -0.25) is 9.59 Å². The van der Waals surface area contributed by atoms with Gasteiger partial charge in [-0.15, -0.1) is 0 Å². The van der Waals surface area contributed by atoms with Crippen molar-refractivity contribution in [2.45, 2.75) is 32.8 Å². The Bertz CT molecular complexity index is 1100. The number of benzene rings is 1. The number of rotatable bonds is 2. The number of pyridine rings is 2. The van der Waals surface area contributed by atoms with Crippen LogP contribution in [0.2, 0.25) is 0 Å². The number of carbonyl (C=O) groups excluding carboxylic acids is 1. The first-order valence-electron chi connectivity index (χ1n) is 8.77. The van der Waals surface area contributed by atoms with Crippen LogP contribution in [0.25, 0.3) is 22.3 Å². The summed E-state index contributed by atoms with van der Waals surface area (Å²) in [5.41, 5.74) is 4.58. The van der Waals surface area contributed by atoms with Crippen molar-refractivity contribution in [2.24, 2.45) is 7.05 Å². The molecule has 0 aliphatic carbocycles. The summed E-state index contributed by atoms with van der Waals surface area (Å²) < 4.78 is 6.81. The SMILES string of the molecule is CC[C@H]1C(=O)OCc2c1cc(-c1nc3ccccc3cc1C)n(C)c2=O. The minimum atomic E-state index is -0.396. The summed E-state index contributed by atoms with van der Waals surface area (Å²) in [6.45, 7) is 3.96. The lowest BCUT2D eigenvalue weighted by atomic mass is 9.90. The minimum absolute atomic E-state index is 0.0434. The van der Waals surface area contributed by atoms with Crippen LogP contribution in [0.15, 0.2) is 41.2 Å². The predicted octanol–water partition coefficient (Wildman–Crippen LogP) is 3.46. The number of cyclic esters (lactones) is 1.